The van der Waals surface area contributed by atoms with Crippen LogP contribution in [-0.4, -0.2) is 12.8 Å². The van der Waals surface area contributed by atoms with Gasteiger partial charge in [0.15, 0.2) is 0 Å². The fraction of sp³-hybridized carbons (Fsp3) is 0.222. The van der Waals surface area contributed by atoms with Crippen LogP contribution in [0.15, 0.2) is 65.6 Å². The van der Waals surface area contributed by atoms with Gasteiger partial charge in [-0.2, -0.15) is 0 Å². The fourth-order valence-electron chi connectivity index (χ4n) is 2.02. The van der Waals surface area contributed by atoms with Crippen LogP contribution in [0, 0.1) is 0 Å². The minimum atomic E-state index is 0.873. The molecule has 0 fully saturated rings. The average Bonchev–Trinajstić information content (AvgIpc) is 2.48. The lowest BCUT2D eigenvalue weighted by Gasteiger charge is -2.07. The summed E-state index contributed by atoms with van der Waals surface area (Å²) in [6.45, 7) is 7.69. The van der Waals surface area contributed by atoms with E-state index in [0.717, 1.165) is 18.7 Å². The fourth-order valence-corrected chi connectivity index (χ4v) is 2.43. The van der Waals surface area contributed by atoms with Gasteiger partial charge in [0.2, 0.25) is 0 Å². The van der Waals surface area contributed by atoms with Crippen molar-refractivity contribution in [3.63, 3.8) is 0 Å². The van der Waals surface area contributed by atoms with Gasteiger partial charge in [0.05, 0.1) is 0 Å². The summed E-state index contributed by atoms with van der Waals surface area (Å²) >= 11 is 1.77. The Labute approximate surface area is 126 Å². The minimum Gasteiger partial charge on any atom is -0.309 e. The highest BCUT2D eigenvalue weighted by atomic mass is 32.2. The Bertz CT molecular complexity index is 555. The van der Waals surface area contributed by atoms with Crippen molar-refractivity contribution in [3.8, 4) is 11.1 Å². The molecule has 2 aromatic rings. The van der Waals surface area contributed by atoms with E-state index >= 15 is 0 Å². The number of rotatable bonds is 6. The lowest BCUT2D eigenvalue weighted by atomic mass is 10.0. The van der Waals surface area contributed by atoms with E-state index in [4.69, 9.17) is 0 Å². The highest BCUT2D eigenvalue weighted by molar-refractivity contribution is 7.98. The SMILES string of the molecule is C=C(C)CNCc1ccc(-c2ccc(SC)cc2)cc1. The van der Waals surface area contributed by atoms with Gasteiger partial charge in [-0.1, -0.05) is 48.6 Å². The molecule has 0 aliphatic heterocycles. The highest BCUT2D eigenvalue weighted by Crippen LogP contribution is 2.23. The van der Waals surface area contributed by atoms with Crippen LogP contribution in [-0.2, 0) is 6.54 Å². The van der Waals surface area contributed by atoms with Gasteiger partial charge >= 0.3 is 0 Å². The summed E-state index contributed by atoms with van der Waals surface area (Å²) in [5.41, 5.74) is 5.00. The average molecular weight is 283 g/mol. The van der Waals surface area contributed by atoms with Gasteiger partial charge in [-0.25, -0.2) is 0 Å². The van der Waals surface area contributed by atoms with Crippen molar-refractivity contribution in [2.45, 2.75) is 18.4 Å². The normalized spacial score (nSPS) is 10.5. The Balaban J connectivity index is 2.01. The van der Waals surface area contributed by atoms with Crippen molar-refractivity contribution in [1.82, 2.24) is 5.32 Å². The Hall–Kier alpha value is -1.51. The summed E-state index contributed by atoms with van der Waals surface area (Å²) in [7, 11) is 0. The van der Waals surface area contributed by atoms with E-state index in [2.05, 4.69) is 66.7 Å². The van der Waals surface area contributed by atoms with Crippen LogP contribution < -0.4 is 5.32 Å². The first-order chi connectivity index (χ1) is 9.69. The molecular formula is C18H21NS. The Morgan fingerprint density at radius 2 is 1.55 bits per heavy atom. The zero-order valence-electron chi connectivity index (χ0n) is 12.1. The number of benzene rings is 2. The van der Waals surface area contributed by atoms with Gasteiger partial charge in [0.25, 0.3) is 0 Å². The molecule has 0 spiro atoms. The minimum absolute atomic E-state index is 0.873. The lowest BCUT2D eigenvalue weighted by molar-refractivity contribution is 0.741. The summed E-state index contributed by atoms with van der Waals surface area (Å²) in [5.74, 6) is 0. The van der Waals surface area contributed by atoms with Gasteiger partial charge < -0.3 is 5.32 Å². The zero-order valence-corrected chi connectivity index (χ0v) is 13.0. The van der Waals surface area contributed by atoms with Crippen LogP contribution in [0.1, 0.15) is 12.5 Å². The third-order valence-electron chi connectivity index (χ3n) is 3.13. The lowest BCUT2D eigenvalue weighted by Crippen LogP contribution is -2.14. The summed E-state index contributed by atoms with van der Waals surface area (Å²) in [6.07, 6.45) is 2.10. The molecule has 2 heteroatoms. The second-order valence-corrected chi connectivity index (χ2v) is 5.87. The molecule has 1 N–H and O–H groups in total. The molecule has 1 nitrogen and oxygen atoms in total. The van der Waals surface area contributed by atoms with Crippen molar-refractivity contribution in [2.24, 2.45) is 0 Å². The summed E-state index contributed by atoms with van der Waals surface area (Å²) in [6, 6.07) is 17.4. The van der Waals surface area contributed by atoms with Gasteiger partial charge in [0, 0.05) is 18.0 Å². The Morgan fingerprint density at radius 3 is 2.05 bits per heavy atom. The third kappa shape index (κ3) is 4.26. The van der Waals surface area contributed by atoms with E-state index < -0.39 is 0 Å². The van der Waals surface area contributed by atoms with Crippen LogP contribution in [0.5, 0.6) is 0 Å². The maximum absolute atomic E-state index is 3.89. The summed E-state index contributed by atoms with van der Waals surface area (Å²) < 4.78 is 0. The first-order valence-corrected chi connectivity index (χ1v) is 8.00. The van der Waals surface area contributed by atoms with Gasteiger partial charge in [0.1, 0.15) is 0 Å². The summed E-state index contributed by atoms with van der Waals surface area (Å²) in [5, 5.41) is 3.37. The van der Waals surface area contributed by atoms with E-state index in [0.29, 0.717) is 0 Å². The molecule has 0 bridgehead atoms. The second kappa shape index (κ2) is 7.32. The van der Waals surface area contributed by atoms with Crippen LogP contribution in [0.4, 0.5) is 0 Å². The molecule has 0 amide bonds. The molecule has 0 aromatic heterocycles. The van der Waals surface area contributed by atoms with Crippen LogP contribution >= 0.6 is 11.8 Å². The molecule has 0 aliphatic rings. The van der Waals surface area contributed by atoms with E-state index in [9.17, 15) is 0 Å². The van der Waals surface area contributed by atoms with Crippen molar-refractivity contribution in [2.75, 3.05) is 12.8 Å². The van der Waals surface area contributed by atoms with E-state index in [1.54, 1.807) is 11.8 Å². The van der Waals surface area contributed by atoms with Gasteiger partial charge in [-0.05, 0) is 42.0 Å². The van der Waals surface area contributed by atoms with Crippen molar-refractivity contribution in [3.05, 3.63) is 66.2 Å². The van der Waals surface area contributed by atoms with E-state index in [1.807, 2.05) is 6.92 Å². The Morgan fingerprint density at radius 1 is 1.00 bits per heavy atom. The molecule has 0 saturated heterocycles. The predicted octanol–water partition coefficient (Wildman–Crippen LogP) is 4.74. The number of hydrogen-bond donors (Lipinski definition) is 1. The molecule has 2 rings (SSSR count). The highest BCUT2D eigenvalue weighted by Gasteiger charge is 1.99. The maximum Gasteiger partial charge on any atom is 0.0208 e. The van der Waals surface area contributed by atoms with Crippen molar-refractivity contribution in [1.29, 1.82) is 0 Å². The molecule has 0 radical (unpaired) electrons. The second-order valence-electron chi connectivity index (χ2n) is 4.99. The van der Waals surface area contributed by atoms with Crippen molar-refractivity contribution >= 4 is 11.8 Å². The maximum atomic E-state index is 3.89. The first kappa shape index (κ1) is 14.9. The molecule has 0 heterocycles. The first-order valence-electron chi connectivity index (χ1n) is 6.77. The molecule has 2 aromatic carbocycles. The largest absolute Gasteiger partial charge is 0.309 e. The molecule has 20 heavy (non-hydrogen) atoms. The van der Waals surface area contributed by atoms with Crippen LogP contribution in [0.25, 0.3) is 11.1 Å². The Kier molecular flexibility index (Phi) is 5.45. The summed E-state index contributed by atoms with van der Waals surface area (Å²) in [4.78, 5) is 1.30. The molecule has 0 unspecified atom stereocenters. The molecule has 0 atom stereocenters. The number of hydrogen-bond acceptors (Lipinski definition) is 2. The number of nitrogens with one attached hydrogen (secondary N) is 1. The molecular weight excluding hydrogens is 262 g/mol. The van der Waals surface area contributed by atoms with Crippen LogP contribution in [0.3, 0.4) is 0 Å². The molecule has 0 saturated carbocycles. The smallest absolute Gasteiger partial charge is 0.0208 e. The number of thioether (sulfide) groups is 1. The van der Waals surface area contributed by atoms with E-state index in [-0.39, 0.29) is 0 Å². The zero-order chi connectivity index (χ0) is 14.4. The van der Waals surface area contributed by atoms with Gasteiger partial charge in [-0.3, -0.25) is 0 Å². The topological polar surface area (TPSA) is 12.0 Å². The molecule has 0 aliphatic carbocycles. The standard InChI is InChI=1S/C18H21NS/c1-14(2)12-19-13-15-4-6-16(7-5-15)17-8-10-18(20-3)11-9-17/h4-11,19H,1,12-13H2,2-3H3. The third-order valence-corrected chi connectivity index (χ3v) is 3.88. The van der Waals surface area contributed by atoms with Crippen LogP contribution in [0.2, 0.25) is 0 Å². The molecule has 104 valence electrons. The quantitative estimate of drug-likeness (QED) is 0.607. The monoisotopic (exact) mass is 283 g/mol. The van der Waals surface area contributed by atoms with E-state index in [1.165, 1.54) is 21.6 Å². The predicted molar refractivity (Wildman–Crippen MR) is 90.2 cm³/mol. The van der Waals surface area contributed by atoms with Gasteiger partial charge in [-0.15, -0.1) is 11.8 Å². The van der Waals surface area contributed by atoms with Crippen molar-refractivity contribution < 1.29 is 0 Å².